The molecule has 0 spiro atoms. The summed E-state index contributed by atoms with van der Waals surface area (Å²) in [6.45, 7) is 1.11. The predicted molar refractivity (Wildman–Crippen MR) is 70.1 cm³/mol. The van der Waals surface area contributed by atoms with Crippen molar-refractivity contribution in [1.29, 1.82) is 0 Å². The number of nitrogens with zero attached hydrogens (tertiary/aromatic N) is 1. The molecule has 0 aromatic carbocycles. The molecule has 106 valence electrons. The number of ether oxygens (including phenoxy) is 1. The Hall–Kier alpha value is -1.82. The van der Waals surface area contributed by atoms with Crippen LogP contribution in [-0.2, 0) is 16.1 Å². The summed E-state index contributed by atoms with van der Waals surface area (Å²) >= 11 is 0. The van der Waals surface area contributed by atoms with E-state index in [2.05, 4.69) is 5.32 Å². The number of aromatic nitrogens is 1. The SMILES string of the molecule is COCCCCCNC(=O)c1cccn1CC(=O)O. The number of hydrogen-bond donors (Lipinski definition) is 2. The van der Waals surface area contributed by atoms with E-state index in [0.29, 0.717) is 12.2 Å². The summed E-state index contributed by atoms with van der Waals surface area (Å²) in [5.74, 6) is -1.21. The van der Waals surface area contributed by atoms with Crippen LogP contribution in [0.1, 0.15) is 29.8 Å². The summed E-state index contributed by atoms with van der Waals surface area (Å²) in [5.41, 5.74) is 0.374. The number of aliphatic carboxylic acids is 1. The first-order valence-corrected chi connectivity index (χ1v) is 6.29. The molecule has 0 aliphatic rings. The number of rotatable bonds is 9. The van der Waals surface area contributed by atoms with E-state index in [0.717, 1.165) is 25.9 Å². The van der Waals surface area contributed by atoms with Gasteiger partial charge >= 0.3 is 5.97 Å². The van der Waals surface area contributed by atoms with Crippen LogP contribution in [0.25, 0.3) is 0 Å². The summed E-state index contributed by atoms with van der Waals surface area (Å²) in [6, 6.07) is 3.28. The van der Waals surface area contributed by atoms with E-state index in [4.69, 9.17) is 9.84 Å². The zero-order valence-electron chi connectivity index (χ0n) is 11.1. The standard InChI is InChI=1S/C13H20N2O4/c1-19-9-4-2-3-7-14-13(18)11-6-5-8-15(11)10-12(16)17/h5-6,8H,2-4,7,9-10H2,1H3,(H,14,18)(H,16,17). The van der Waals surface area contributed by atoms with Gasteiger partial charge < -0.3 is 19.7 Å². The summed E-state index contributed by atoms with van der Waals surface area (Å²) < 4.78 is 6.35. The van der Waals surface area contributed by atoms with Crippen molar-refractivity contribution in [1.82, 2.24) is 9.88 Å². The maximum Gasteiger partial charge on any atom is 0.323 e. The lowest BCUT2D eigenvalue weighted by Crippen LogP contribution is -2.27. The predicted octanol–water partition coefficient (Wildman–Crippen LogP) is 1.12. The van der Waals surface area contributed by atoms with Crippen molar-refractivity contribution in [3.05, 3.63) is 24.0 Å². The maximum absolute atomic E-state index is 11.8. The molecule has 0 atom stereocenters. The highest BCUT2D eigenvalue weighted by atomic mass is 16.5. The van der Waals surface area contributed by atoms with Crippen molar-refractivity contribution in [3.63, 3.8) is 0 Å². The van der Waals surface area contributed by atoms with Gasteiger partial charge in [-0.1, -0.05) is 0 Å². The van der Waals surface area contributed by atoms with Gasteiger partial charge in [0.25, 0.3) is 5.91 Å². The molecule has 0 unspecified atom stereocenters. The van der Waals surface area contributed by atoms with Gasteiger partial charge in [-0.15, -0.1) is 0 Å². The first-order chi connectivity index (χ1) is 9.15. The van der Waals surface area contributed by atoms with Gasteiger partial charge in [0.15, 0.2) is 0 Å². The molecule has 0 aliphatic heterocycles. The molecule has 19 heavy (non-hydrogen) atoms. The number of methoxy groups -OCH3 is 1. The molecule has 0 aliphatic carbocycles. The average Bonchev–Trinajstić information content (AvgIpc) is 2.80. The molecule has 0 saturated heterocycles. The number of carboxylic acids is 1. The van der Waals surface area contributed by atoms with Crippen LogP contribution < -0.4 is 5.32 Å². The van der Waals surface area contributed by atoms with Crippen LogP contribution in [0.2, 0.25) is 0 Å². The zero-order chi connectivity index (χ0) is 14.1. The van der Waals surface area contributed by atoms with E-state index in [-0.39, 0.29) is 12.5 Å². The van der Waals surface area contributed by atoms with E-state index in [1.54, 1.807) is 25.4 Å². The summed E-state index contributed by atoms with van der Waals surface area (Å²) in [5, 5.41) is 11.5. The highest BCUT2D eigenvalue weighted by Crippen LogP contribution is 2.02. The van der Waals surface area contributed by atoms with E-state index < -0.39 is 5.97 Å². The van der Waals surface area contributed by atoms with Gasteiger partial charge in [-0.3, -0.25) is 9.59 Å². The second kappa shape index (κ2) is 8.31. The summed E-state index contributed by atoms with van der Waals surface area (Å²) in [6.07, 6.45) is 4.43. The minimum absolute atomic E-state index is 0.205. The Morgan fingerprint density at radius 1 is 1.37 bits per heavy atom. The number of unbranched alkanes of at least 4 members (excludes halogenated alkanes) is 2. The van der Waals surface area contributed by atoms with Crippen molar-refractivity contribution < 1.29 is 19.4 Å². The minimum Gasteiger partial charge on any atom is -0.480 e. The van der Waals surface area contributed by atoms with Gasteiger partial charge in [-0.2, -0.15) is 0 Å². The number of carbonyl (C=O) groups is 2. The monoisotopic (exact) mass is 268 g/mol. The molecule has 0 radical (unpaired) electrons. The first-order valence-electron chi connectivity index (χ1n) is 6.29. The first kappa shape index (κ1) is 15.2. The Labute approximate surface area is 112 Å². The number of amides is 1. The number of hydrogen-bond acceptors (Lipinski definition) is 3. The third-order valence-corrected chi connectivity index (χ3v) is 2.68. The van der Waals surface area contributed by atoms with Crippen LogP contribution in [0, 0.1) is 0 Å². The summed E-state index contributed by atoms with van der Waals surface area (Å²) in [7, 11) is 1.67. The summed E-state index contributed by atoms with van der Waals surface area (Å²) in [4.78, 5) is 22.5. The largest absolute Gasteiger partial charge is 0.480 e. The molecule has 1 aromatic heterocycles. The van der Waals surface area contributed by atoms with Crippen molar-refractivity contribution in [2.75, 3.05) is 20.3 Å². The minimum atomic E-state index is -0.968. The lowest BCUT2D eigenvalue weighted by atomic mass is 10.2. The van der Waals surface area contributed by atoms with Gasteiger partial charge in [-0.25, -0.2) is 0 Å². The van der Waals surface area contributed by atoms with Gasteiger partial charge in [0.1, 0.15) is 12.2 Å². The van der Waals surface area contributed by atoms with E-state index in [1.165, 1.54) is 4.57 Å². The third kappa shape index (κ3) is 5.56. The Bertz CT molecular complexity index is 415. The van der Waals surface area contributed by atoms with Crippen molar-refractivity contribution in [2.24, 2.45) is 0 Å². The molecule has 1 rings (SSSR count). The molecule has 0 fully saturated rings. The lowest BCUT2D eigenvalue weighted by Gasteiger charge is -2.07. The number of nitrogens with one attached hydrogen (secondary N) is 1. The van der Waals surface area contributed by atoms with Crippen LogP contribution >= 0.6 is 0 Å². The Morgan fingerprint density at radius 3 is 2.84 bits per heavy atom. The van der Waals surface area contributed by atoms with Crippen molar-refractivity contribution in [2.45, 2.75) is 25.8 Å². The molecular weight excluding hydrogens is 248 g/mol. The van der Waals surface area contributed by atoms with Gasteiger partial charge in [0.2, 0.25) is 0 Å². The van der Waals surface area contributed by atoms with E-state index in [9.17, 15) is 9.59 Å². The highest BCUT2D eigenvalue weighted by molar-refractivity contribution is 5.93. The fourth-order valence-corrected chi connectivity index (χ4v) is 1.74. The molecule has 1 heterocycles. The Kier molecular flexibility index (Phi) is 6.67. The van der Waals surface area contributed by atoms with Gasteiger partial charge in [-0.05, 0) is 31.4 Å². The third-order valence-electron chi connectivity index (χ3n) is 2.68. The van der Waals surface area contributed by atoms with Crippen LogP contribution in [0.15, 0.2) is 18.3 Å². The van der Waals surface area contributed by atoms with E-state index >= 15 is 0 Å². The van der Waals surface area contributed by atoms with Crippen LogP contribution in [0.3, 0.4) is 0 Å². The van der Waals surface area contributed by atoms with Crippen molar-refractivity contribution >= 4 is 11.9 Å². The molecule has 6 nitrogen and oxygen atoms in total. The second-order valence-corrected chi connectivity index (χ2v) is 4.22. The maximum atomic E-state index is 11.8. The average molecular weight is 268 g/mol. The quantitative estimate of drug-likeness (QED) is 0.658. The normalized spacial score (nSPS) is 10.4. The fourth-order valence-electron chi connectivity index (χ4n) is 1.74. The lowest BCUT2D eigenvalue weighted by molar-refractivity contribution is -0.137. The zero-order valence-corrected chi connectivity index (χ0v) is 11.1. The Balaban J connectivity index is 2.33. The fraction of sp³-hybridized carbons (Fsp3) is 0.538. The Morgan fingerprint density at radius 2 is 2.16 bits per heavy atom. The van der Waals surface area contributed by atoms with Crippen LogP contribution in [-0.4, -0.2) is 41.8 Å². The molecule has 2 N–H and O–H groups in total. The number of carboxylic acid groups (broad SMARTS) is 1. The molecule has 0 bridgehead atoms. The second-order valence-electron chi connectivity index (χ2n) is 4.22. The van der Waals surface area contributed by atoms with Crippen LogP contribution in [0.5, 0.6) is 0 Å². The topological polar surface area (TPSA) is 80.6 Å². The van der Waals surface area contributed by atoms with Gasteiger partial charge in [0.05, 0.1) is 0 Å². The smallest absolute Gasteiger partial charge is 0.323 e. The molecular formula is C13H20N2O4. The van der Waals surface area contributed by atoms with Crippen molar-refractivity contribution in [3.8, 4) is 0 Å². The molecule has 0 saturated carbocycles. The highest BCUT2D eigenvalue weighted by Gasteiger charge is 2.11. The van der Waals surface area contributed by atoms with E-state index in [1.807, 2.05) is 0 Å². The molecule has 6 heteroatoms. The molecule has 1 aromatic rings. The van der Waals surface area contributed by atoms with Crippen LogP contribution in [0.4, 0.5) is 0 Å². The molecule has 1 amide bonds. The van der Waals surface area contributed by atoms with Gasteiger partial charge in [0, 0.05) is 26.5 Å². The number of carbonyl (C=O) groups excluding carboxylic acids is 1.